The van der Waals surface area contributed by atoms with Crippen molar-refractivity contribution in [2.24, 2.45) is 11.8 Å². The van der Waals surface area contributed by atoms with Crippen molar-refractivity contribution in [3.63, 3.8) is 0 Å². The maximum absolute atomic E-state index is 3.60. The zero-order chi connectivity index (χ0) is 13.5. The lowest BCUT2D eigenvalue weighted by molar-refractivity contribution is 0.275. The van der Waals surface area contributed by atoms with Gasteiger partial charge in [-0.3, -0.25) is 0 Å². The minimum absolute atomic E-state index is 0.973. The van der Waals surface area contributed by atoms with Crippen LogP contribution in [0.4, 0.5) is 0 Å². The average molecular weight is 259 g/mol. The second-order valence-electron chi connectivity index (χ2n) is 6.26. The summed E-state index contributed by atoms with van der Waals surface area (Å²) in [5.41, 5.74) is 2.84. The van der Waals surface area contributed by atoms with E-state index in [0.717, 1.165) is 24.8 Å². The summed E-state index contributed by atoms with van der Waals surface area (Å²) in [6, 6.07) is 9.02. The average Bonchev–Trinajstić information content (AvgIpc) is 2.46. The van der Waals surface area contributed by atoms with Crippen molar-refractivity contribution < 1.29 is 0 Å². The van der Waals surface area contributed by atoms with E-state index in [0.29, 0.717) is 0 Å². The first-order valence-corrected chi connectivity index (χ1v) is 8.06. The summed E-state index contributed by atoms with van der Waals surface area (Å²) in [7, 11) is 0. The number of rotatable bonds is 6. The fourth-order valence-corrected chi connectivity index (χ4v) is 3.05. The summed E-state index contributed by atoms with van der Waals surface area (Å²) < 4.78 is 0. The lowest BCUT2D eigenvalue weighted by atomic mass is 9.81. The van der Waals surface area contributed by atoms with Gasteiger partial charge in [0, 0.05) is 6.54 Å². The number of hydrogen-bond donors (Lipinski definition) is 1. The lowest BCUT2D eigenvalue weighted by Crippen LogP contribution is -2.20. The van der Waals surface area contributed by atoms with E-state index >= 15 is 0 Å². The molecule has 2 rings (SSSR count). The Balaban J connectivity index is 1.61. The molecule has 0 radical (unpaired) electrons. The molecular formula is C18H29N. The Labute approximate surface area is 118 Å². The van der Waals surface area contributed by atoms with Crippen molar-refractivity contribution in [2.45, 2.75) is 58.9 Å². The molecule has 1 saturated carbocycles. The van der Waals surface area contributed by atoms with E-state index in [9.17, 15) is 0 Å². The fourth-order valence-electron chi connectivity index (χ4n) is 3.05. The van der Waals surface area contributed by atoms with Crippen molar-refractivity contribution in [3.8, 4) is 0 Å². The molecule has 1 aromatic carbocycles. The molecule has 0 unspecified atom stereocenters. The fraction of sp³-hybridized carbons (Fsp3) is 0.667. The van der Waals surface area contributed by atoms with Gasteiger partial charge in [-0.05, 0) is 42.3 Å². The van der Waals surface area contributed by atoms with Crippen LogP contribution in [0.15, 0.2) is 24.3 Å². The Morgan fingerprint density at radius 3 is 2.26 bits per heavy atom. The standard InChI is InChI=1S/C18H29N/c1-3-16-8-10-18(11-9-16)14-19-13-12-17-6-4-15(2)5-7-17/h8-11,15,17,19H,3-7,12-14H2,1-2H3. The first kappa shape index (κ1) is 14.6. The summed E-state index contributed by atoms with van der Waals surface area (Å²) in [5.74, 6) is 1.95. The molecule has 0 bridgehead atoms. The number of aryl methyl sites for hydroxylation is 1. The summed E-state index contributed by atoms with van der Waals surface area (Å²) in [6.07, 6.45) is 8.29. The van der Waals surface area contributed by atoms with Crippen LogP contribution in [-0.4, -0.2) is 6.54 Å². The van der Waals surface area contributed by atoms with Gasteiger partial charge in [-0.15, -0.1) is 0 Å². The highest BCUT2D eigenvalue weighted by atomic mass is 14.8. The van der Waals surface area contributed by atoms with E-state index < -0.39 is 0 Å². The molecule has 0 saturated heterocycles. The molecule has 19 heavy (non-hydrogen) atoms. The Morgan fingerprint density at radius 1 is 1.00 bits per heavy atom. The Bertz CT molecular complexity index is 346. The molecule has 0 aliphatic heterocycles. The highest BCUT2D eigenvalue weighted by molar-refractivity contribution is 5.22. The molecule has 1 aliphatic rings. The van der Waals surface area contributed by atoms with Gasteiger partial charge >= 0.3 is 0 Å². The normalized spacial score (nSPS) is 23.5. The van der Waals surface area contributed by atoms with Crippen LogP contribution in [0.25, 0.3) is 0 Å². The Hall–Kier alpha value is -0.820. The van der Waals surface area contributed by atoms with Gasteiger partial charge in [-0.1, -0.05) is 63.8 Å². The molecule has 1 aliphatic carbocycles. The molecule has 1 heteroatoms. The van der Waals surface area contributed by atoms with E-state index in [1.807, 2.05) is 0 Å². The van der Waals surface area contributed by atoms with Crippen LogP contribution in [0, 0.1) is 11.8 Å². The first-order valence-electron chi connectivity index (χ1n) is 8.06. The van der Waals surface area contributed by atoms with Gasteiger partial charge < -0.3 is 5.32 Å². The van der Waals surface area contributed by atoms with Crippen LogP contribution in [0.2, 0.25) is 0 Å². The van der Waals surface area contributed by atoms with Crippen LogP contribution in [-0.2, 0) is 13.0 Å². The van der Waals surface area contributed by atoms with Crippen molar-refractivity contribution in [1.29, 1.82) is 0 Å². The van der Waals surface area contributed by atoms with Crippen LogP contribution >= 0.6 is 0 Å². The van der Waals surface area contributed by atoms with Gasteiger partial charge in [0.05, 0.1) is 0 Å². The van der Waals surface area contributed by atoms with Gasteiger partial charge in [0.25, 0.3) is 0 Å². The Kier molecular flexibility index (Phi) is 5.91. The monoisotopic (exact) mass is 259 g/mol. The summed E-state index contributed by atoms with van der Waals surface area (Å²) in [4.78, 5) is 0. The zero-order valence-corrected chi connectivity index (χ0v) is 12.6. The molecular weight excluding hydrogens is 230 g/mol. The van der Waals surface area contributed by atoms with Crippen molar-refractivity contribution in [1.82, 2.24) is 5.32 Å². The van der Waals surface area contributed by atoms with Crippen molar-refractivity contribution >= 4 is 0 Å². The van der Waals surface area contributed by atoms with Gasteiger partial charge in [-0.2, -0.15) is 0 Å². The molecule has 1 N–H and O–H groups in total. The molecule has 106 valence electrons. The molecule has 1 nitrogen and oxygen atoms in total. The van der Waals surface area contributed by atoms with E-state index in [-0.39, 0.29) is 0 Å². The van der Waals surface area contributed by atoms with Crippen molar-refractivity contribution in [3.05, 3.63) is 35.4 Å². The molecule has 0 heterocycles. The molecule has 1 fully saturated rings. The highest BCUT2D eigenvalue weighted by Gasteiger charge is 2.17. The SMILES string of the molecule is CCc1ccc(CNCCC2CCC(C)CC2)cc1. The third-order valence-electron chi connectivity index (χ3n) is 4.63. The number of nitrogens with one attached hydrogen (secondary N) is 1. The Morgan fingerprint density at radius 2 is 1.63 bits per heavy atom. The topological polar surface area (TPSA) is 12.0 Å². The lowest BCUT2D eigenvalue weighted by Gasteiger charge is -2.26. The van der Waals surface area contributed by atoms with Crippen LogP contribution in [0.1, 0.15) is 57.1 Å². The summed E-state index contributed by atoms with van der Waals surface area (Å²) in [5, 5.41) is 3.60. The second-order valence-corrected chi connectivity index (χ2v) is 6.26. The molecule has 0 aromatic heterocycles. The van der Waals surface area contributed by atoms with Gasteiger partial charge in [-0.25, -0.2) is 0 Å². The summed E-state index contributed by atoms with van der Waals surface area (Å²) in [6.45, 7) is 6.80. The molecule has 1 aromatic rings. The third-order valence-corrected chi connectivity index (χ3v) is 4.63. The van der Waals surface area contributed by atoms with Gasteiger partial charge in [0.1, 0.15) is 0 Å². The minimum atomic E-state index is 0.973. The predicted octanol–water partition coefficient (Wildman–Crippen LogP) is 4.56. The van der Waals surface area contributed by atoms with E-state index in [4.69, 9.17) is 0 Å². The van der Waals surface area contributed by atoms with E-state index in [1.54, 1.807) is 0 Å². The maximum atomic E-state index is 3.60. The van der Waals surface area contributed by atoms with Gasteiger partial charge in [0.15, 0.2) is 0 Å². The first-order chi connectivity index (χ1) is 9.28. The van der Waals surface area contributed by atoms with Crippen LogP contribution in [0.5, 0.6) is 0 Å². The zero-order valence-electron chi connectivity index (χ0n) is 12.6. The maximum Gasteiger partial charge on any atom is 0.0205 e. The summed E-state index contributed by atoms with van der Waals surface area (Å²) >= 11 is 0. The smallest absolute Gasteiger partial charge is 0.0205 e. The largest absolute Gasteiger partial charge is 0.313 e. The number of benzene rings is 1. The van der Waals surface area contributed by atoms with E-state index in [1.165, 1.54) is 49.8 Å². The quantitative estimate of drug-likeness (QED) is 0.739. The van der Waals surface area contributed by atoms with Crippen LogP contribution < -0.4 is 5.32 Å². The predicted molar refractivity (Wildman–Crippen MR) is 83.3 cm³/mol. The van der Waals surface area contributed by atoms with E-state index in [2.05, 4.69) is 43.4 Å². The minimum Gasteiger partial charge on any atom is -0.313 e. The highest BCUT2D eigenvalue weighted by Crippen LogP contribution is 2.29. The van der Waals surface area contributed by atoms with Crippen molar-refractivity contribution in [2.75, 3.05) is 6.54 Å². The van der Waals surface area contributed by atoms with Crippen LogP contribution in [0.3, 0.4) is 0 Å². The molecule has 0 spiro atoms. The third kappa shape index (κ3) is 4.99. The second kappa shape index (κ2) is 7.69. The van der Waals surface area contributed by atoms with Gasteiger partial charge in [0.2, 0.25) is 0 Å². The molecule has 0 amide bonds. The molecule has 0 atom stereocenters. The number of hydrogen-bond acceptors (Lipinski definition) is 1.